The zero-order valence-electron chi connectivity index (χ0n) is 16.5. The highest BCUT2D eigenvalue weighted by atomic mass is 16.5. The van der Waals surface area contributed by atoms with Crippen LogP contribution < -0.4 is 0 Å². The number of benzene rings is 1. The molecule has 4 nitrogen and oxygen atoms in total. The summed E-state index contributed by atoms with van der Waals surface area (Å²) in [4.78, 5) is 23.9. The standard InChI is InChI=1S/C22H30O4/c1-13(2)15-7-8-17-16(11-15)18(26-14(3)23)12-19-21(17,4)9-6-10-22(19,5)20(24)25/h7-8,11,13,18-19H,6,9-10,12H2,1-5H3,(H,24,25)/t18-,19-,21-,22-/m1/s1. The van der Waals surface area contributed by atoms with E-state index in [1.807, 2.05) is 6.92 Å². The van der Waals surface area contributed by atoms with E-state index < -0.39 is 11.4 Å². The van der Waals surface area contributed by atoms with Crippen molar-refractivity contribution in [2.45, 2.75) is 77.7 Å². The normalized spacial score (nSPS) is 33.3. The molecule has 0 heterocycles. The quantitative estimate of drug-likeness (QED) is 0.775. The molecule has 4 heteroatoms. The van der Waals surface area contributed by atoms with Crippen LogP contribution in [0.3, 0.4) is 0 Å². The molecular formula is C22H30O4. The molecule has 2 aliphatic carbocycles. The zero-order chi connectivity index (χ0) is 19.3. The van der Waals surface area contributed by atoms with Gasteiger partial charge in [-0.25, -0.2) is 0 Å². The molecule has 0 amide bonds. The molecule has 1 aromatic carbocycles. The average Bonchev–Trinajstić information content (AvgIpc) is 2.55. The van der Waals surface area contributed by atoms with E-state index in [-0.39, 0.29) is 23.4 Å². The van der Waals surface area contributed by atoms with Crippen LogP contribution in [-0.2, 0) is 19.7 Å². The largest absolute Gasteiger partial charge is 0.481 e. The summed E-state index contributed by atoms with van der Waals surface area (Å²) in [6.07, 6.45) is 2.76. The molecular weight excluding hydrogens is 328 g/mol. The topological polar surface area (TPSA) is 63.6 Å². The van der Waals surface area contributed by atoms with E-state index in [4.69, 9.17) is 4.74 Å². The Hall–Kier alpha value is -1.84. The highest BCUT2D eigenvalue weighted by molar-refractivity contribution is 5.75. The lowest BCUT2D eigenvalue weighted by atomic mass is 9.49. The number of rotatable bonds is 3. The van der Waals surface area contributed by atoms with Gasteiger partial charge in [0.2, 0.25) is 0 Å². The molecule has 0 aromatic heterocycles. The predicted molar refractivity (Wildman–Crippen MR) is 100 cm³/mol. The predicted octanol–water partition coefficient (Wildman–Crippen LogP) is 4.97. The summed E-state index contributed by atoms with van der Waals surface area (Å²) in [7, 11) is 0. The molecule has 1 fully saturated rings. The lowest BCUT2D eigenvalue weighted by Gasteiger charge is -2.55. The van der Waals surface area contributed by atoms with E-state index in [1.165, 1.54) is 12.5 Å². The third-order valence-corrected chi connectivity index (χ3v) is 6.88. The number of aliphatic carboxylic acids is 1. The van der Waals surface area contributed by atoms with Gasteiger partial charge in [-0.2, -0.15) is 0 Å². The molecule has 0 radical (unpaired) electrons. The monoisotopic (exact) mass is 358 g/mol. The molecule has 0 unspecified atom stereocenters. The maximum Gasteiger partial charge on any atom is 0.309 e. The van der Waals surface area contributed by atoms with Gasteiger partial charge in [0.05, 0.1) is 5.41 Å². The van der Waals surface area contributed by atoms with Gasteiger partial charge in [-0.15, -0.1) is 0 Å². The van der Waals surface area contributed by atoms with Crippen molar-refractivity contribution in [2.24, 2.45) is 11.3 Å². The van der Waals surface area contributed by atoms with Crippen molar-refractivity contribution in [3.05, 3.63) is 34.9 Å². The first-order valence-corrected chi connectivity index (χ1v) is 9.64. The van der Waals surface area contributed by atoms with E-state index in [9.17, 15) is 14.7 Å². The lowest BCUT2D eigenvalue weighted by Crippen LogP contribution is -2.53. The molecule has 0 spiro atoms. The Morgan fingerprint density at radius 1 is 1.23 bits per heavy atom. The third kappa shape index (κ3) is 2.83. The number of carbonyl (C=O) groups excluding carboxylic acids is 1. The van der Waals surface area contributed by atoms with Crippen LogP contribution in [0.1, 0.15) is 89.0 Å². The molecule has 26 heavy (non-hydrogen) atoms. The van der Waals surface area contributed by atoms with Gasteiger partial charge in [-0.1, -0.05) is 45.4 Å². The van der Waals surface area contributed by atoms with Crippen LogP contribution in [0.15, 0.2) is 18.2 Å². The van der Waals surface area contributed by atoms with Crippen LogP contribution in [0.4, 0.5) is 0 Å². The summed E-state index contributed by atoms with van der Waals surface area (Å²) in [6.45, 7) is 9.80. The molecule has 1 saturated carbocycles. The Labute approximate surface area is 155 Å². The van der Waals surface area contributed by atoms with Gasteiger partial charge >= 0.3 is 11.9 Å². The van der Waals surface area contributed by atoms with Crippen molar-refractivity contribution in [1.29, 1.82) is 0 Å². The fourth-order valence-electron chi connectivity index (χ4n) is 5.35. The Kier molecular flexibility index (Phi) is 4.66. The molecule has 0 saturated heterocycles. The summed E-state index contributed by atoms with van der Waals surface area (Å²) in [5.41, 5.74) is 2.46. The molecule has 3 rings (SSSR count). The average molecular weight is 358 g/mol. The van der Waals surface area contributed by atoms with Crippen LogP contribution in [-0.4, -0.2) is 17.0 Å². The maximum atomic E-state index is 12.1. The van der Waals surface area contributed by atoms with Gasteiger partial charge in [0.15, 0.2) is 0 Å². The number of carboxylic acid groups (broad SMARTS) is 1. The number of fused-ring (bicyclic) bond motifs is 3. The van der Waals surface area contributed by atoms with Crippen molar-refractivity contribution in [3.63, 3.8) is 0 Å². The number of ether oxygens (including phenoxy) is 1. The second kappa shape index (κ2) is 6.40. The Morgan fingerprint density at radius 2 is 1.92 bits per heavy atom. The van der Waals surface area contributed by atoms with E-state index in [1.54, 1.807) is 0 Å². The fraction of sp³-hybridized carbons (Fsp3) is 0.636. The maximum absolute atomic E-state index is 12.1. The van der Waals surface area contributed by atoms with Gasteiger partial charge in [0.25, 0.3) is 0 Å². The number of carboxylic acids is 1. The number of esters is 1. The Balaban J connectivity index is 2.17. The van der Waals surface area contributed by atoms with Gasteiger partial charge in [0.1, 0.15) is 6.10 Å². The van der Waals surface area contributed by atoms with E-state index in [0.717, 1.165) is 24.0 Å². The molecule has 1 N–H and O–H groups in total. The summed E-state index contributed by atoms with van der Waals surface area (Å²) in [6, 6.07) is 6.47. The van der Waals surface area contributed by atoms with Crippen molar-refractivity contribution in [3.8, 4) is 0 Å². The SMILES string of the molecule is CC(=O)O[C@@H]1C[C@H]2[C@](C)(C(=O)O)CCC[C@]2(C)c2ccc(C(C)C)cc21. The van der Waals surface area contributed by atoms with Crippen molar-refractivity contribution >= 4 is 11.9 Å². The minimum Gasteiger partial charge on any atom is -0.481 e. The van der Waals surface area contributed by atoms with Crippen molar-refractivity contribution in [1.82, 2.24) is 0 Å². The van der Waals surface area contributed by atoms with Crippen molar-refractivity contribution in [2.75, 3.05) is 0 Å². The van der Waals surface area contributed by atoms with E-state index >= 15 is 0 Å². The molecule has 142 valence electrons. The first-order valence-electron chi connectivity index (χ1n) is 9.64. The minimum absolute atomic E-state index is 0.0528. The Morgan fingerprint density at radius 3 is 2.50 bits per heavy atom. The molecule has 0 aliphatic heterocycles. The van der Waals surface area contributed by atoms with Crippen LogP contribution in [0.25, 0.3) is 0 Å². The first kappa shape index (κ1) is 18.9. The van der Waals surface area contributed by atoms with E-state index in [2.05, 4.69) is 39.0 Å². The number of hydrogen-bond acceptors (Lipinski definition) is 3. The van der Waals surface area contributed by atoms with E-state index in [0.29, 0.717) is 18.8 Å². The first-order chi connectivity index (χ1) is 12.1. The summed E-state index contributed by atoms with van der Waals surface area (Å²) in [5, 5.41) is 9.98. The Bertz CT molecular complexity index is 738. The van der Waals surface area contributed by atoms with Crippen LogP contribution in [0.5, 0.6) is 0 Å². The molecule has 2 aliphatic rings. The second-order valence-corrected chi connectivity index (χ2v) is 8.88. The molecule has 1 aromatic rings. The minimum atomic E-state index is -0.792. The van der Waals surface area contributed by atoms with Gasteiger partial charge < -0.3 is 9.84 Å². The summed E-state index contributed by atoms with van der Waals surface area (Å²) in [5.74, 6) is -0.716. The summed E-state index contributed by atoms with van der Waals surface area (Å²) >= 11 is 0. The van der Waals surface area contributed by atoms with Gasteiger partial charge in [0, 0.05) is 6.92 Å². The molecule has 0 bridgehead atoms. The zero-order valence-corrected chi connectivity index (χ0v) is 16.5. The van der Waals surface area contributed by atoms with Crippen LogP contribution in [0, 0.1) is 11.3 Å². The number of hydrogen-bond donors (Lipinski definition) is 1. The smallest absolute Gasteiger partial charge is 0.309 e. The fourth-order valence-corrected chi connectivity index (χ4v) is 5.35. The second-order valence-electron chi connectivity index (χ2n) is 8.88. The highest BCUT2D eigenvalue weighted by Crippen LogP contribution is 2.60. The third-order valence-electron chi connectivity index (χ3n) is 6.88. The molecule has 4 atom stereocenters. The van der Waals surface area contributed by atoms with Gasteiger partial charge in [-0.3, -0.25) is 9.59 Å². The lowest BCUT2D eigenvalue weighted by molar-refractivity contribution is -0.162. The highest BCUT2D eigenvalue weighted by Gasteiger charge is 2.57. The van der Waals surface area contributed by atoms with Crippen molar-refractivity contribution < 1.29 is 19.4 Å². The number of carbonyl (C=O) groups is 2. The summed E-state index contributed by atoms with van der Waals surface area (Å²) < 4.78 is 5.69. The van der Waals surface area contributed by atoms with Gasteiger partial charge in [-0.05, 0) is 60.1 Å². The van der Waals surface area contributed by atoms with Crippen LogP contribution >= 0.6 is 0 Å². The van der Waals surface area contributed by atoms with Crippen LogP contribution in [0.2, 0.25) is 0 Å².